The van der Waals surface area contributed by atoms with E-state index in [1.165, 1.54) is 11.5 Å². The summed E-state index contributed by atoms with van der Waals surface area (Å²) in [5, 5.41) is 3.98. The van der Waals surface area contributed by atoms with Gasteiger partial charge in [-0.3, -0.25) is 4.79 Å². The Bertz CT molecular complexity index is 333. The van der Waals surface area contributed by atoms with Crippen LogP contribution in [0, 0.1) is 0 Å². The van der Waals surface area contributed by atoms with Crippen molar-refractivity contribution >= 4 is 17.3 Å². The lowest BCUT2D eigenvalue weighted by atomic mass is 10.1. The lowest BCUT2D eigenvalue weighted by molar-refractivity contribution is 0.0983. The van der Waals surface area contributed by atoms with Crippen LogP contribution in [-0.2, 0) is 6.42 Å². The standard InChI is InChI=1S/C11H16N2OS/c1-3-5-6-8-10(14)11-9(7-4-2)12-13-15-11/h3H,1,4-8H2,2H3. The Morgan fingerprint density at radius 3 is 3.07 bits per heavy atom. The SMILES string of the molecule is C=CCCCC(=O)c1snnc1CCC. The van der Waals surface area contributed by atoms with Crippen molar-refractivity contribution in [2.75, 3.05) is 0 Å². The maximum absolute atomic E-state index is 11.8. The van der Waals surface area contributed by atoms with Crippen molar-refractivity contribution in [2.45, 2.75) is 39.0 Å². The van der Waals surface area contributed by atoms with Gasteiger partial charge in [0.25, 0.3) is 0 Å². The van der Waals surface area contributed by atoms with Gasteiger partial charge in [-0.2, -0.15) is 0 Å². The van der Waals surface area contributed by atoms with E-state index in [-0.39, 0.29) is 5.78 Å². The molecule has 0 aliphatic rings. The Morgan fingerprint density at radius 2 is 2.40 bits per heavy atom. The first-order valence-corrected chi connectivity index (χ1v) is 6.02. The molecule has 0 atom stereocenters. The highest BCUT2D eigenvalue weighted by atomic mass is 32.1. The topological polar surface area (TPSA) is 42.9 Å². The van der Waals surface area contributed by atoms with Gasteiger partial charge in [0.1, 0.15) is 4.88 Å². The van der Waals surface area contributed by atoms with Crippen LogP contribution in [0.5, 0.6) is 0 Å². The van der Waals surface area contributed by atoms with Crippen LogP contribution in [-0.4, -0.2) is 15.4 Å². The fourth-order valence-electron chi connectivity index (χ4n) is 1.34. The molecule has 15 heavy (non-hydrogen) atoms. The summed E-state index contributed by atoms with van der Waals surface area (Å²) in [6.45, 7) is 5.71. The summed E-state index contributed by atoms with van der Waals surface area (Å²) in [5.41, 5.74) is 0.867. The largest absolute Gasteiger partial charge is 0.293 e. The van der Waals surface area contributed by atoms with E-state index < -0.39 is 0 Å². The lowest BCUT2D eigenvalue weighted by Gasteiger charge is -1.98. The van der Waals surface area contributed by atoms with Crippen molar-refractivity contribution in [3.63, 3.8) is 0 Å². The van der Waals surface area contributed by atoms with Gasteiger partial charge < -0.3 is 0 Å². The minimum atomic E-state index is 0.176. The van der Waals surface area contributed by atoms with E-state index in [2.05, 4.69) is 23.1 Å². The van der Waals surface area contributed by atoms with Crippen LogP contribution in [0.25, 0.3) is 0 Å². The first-order valence-electron chi connectivity index (χ1n) is 5.25. The number of hydrogen-bond donors (Lipinski definition) is 0. The molecule has 1 rings (SSSR count). The summed E-state index contributed by atoms with van der Waals surface area (Å²) in [4.78, 5) is 12.5. The van der Waals surface area contributed by atoms with Crippen molar-refractivity contribution in [3.05, 3.63) is 23.2 Å². The molecule has 0 aliphatic heterocycles. The fraction of sp³-hybridized carbons (Fsp3) is 0.545. The van der Waals surface area contributed by atoms with E-state index in [1.54, 1.807) is 0 Å². The molecule has 0 aromatic carbocycles. The molecule has 0 aliphatic carbocycles. The minimum absolute atomic E-state index is 0.176. The van der Waals surface area contributed by atoms with Crippen LogP contribution in [0.4, 0.5) is 0 Å². The van der Waals surface area contributed by atoms with E-state index in [1.807, 2.05) is 6.08 Å². The summed E-state index contributed by atoms with van der Waals surface area (Å²) < 4.78 is 3.84. The van der Waals surface area contributed by atoms with Crippen LogP contribution < -0.4 is 0 Å². The highest BCUT2D eigenvalue weighted by Gasteiger charge is 2.14. The van der Waals surface area contributed by atoms with Crippen LogP contribution in [0.15, 0.2) is 12.7 Å². The van der Waals surface area contributed by atoms with Crippen LogP contribution in [0.2, 0.25) is 0 Å². The molecule has 0 amide bonds. The molecule has 0 saturated heterocycles. The highest BCUT2D eigenvalue weighted by molar-refractivity contribution is 7.08. The quantitative estimate of drug-likeness (QED) is 0.406. The third kappa shape index (κ3) is 3.55. The van der Waals surface area contributed by atoms with Crippen molar-refractivity contribution < 1.29 is 4.79 Å². The summed E-state index contributed by atoms with van der Waals surface area (Å²) >= 11 is 1.22. The number of hydrogen-bond acceptors (Lipinski definition) is 4. The molecule has 4 heteroatoms. The van der Waals surface area contributed by atoms with Gasteiger partial charge in [-0.05, 0) is 30.8 Å². The zero-order valence-corrected chi connectivity index (χ0v) is 9.85. The number of nitrogens with zero attached hydrogens (tertiary/aromatic N) is 2. The van der Waals surface area contributed by atoms with Gasteiger partial charge in [0.05, 0.1) is 5.69 Å². The normalized spacial score (nSPS) is 10.2. The number of aromatic nitrogens is 2. The Kier molecular flexibility index (Phi) is 5.18. The fourth-order valence-corrected chi connectivity index (χ4v) is 2.01. The molecule has 1 aromatic heterocycles. The second-order valence-electron chi connectivity index (χ2n) is 3.40. The molecule has 0 N–H and O–H groups in total. The van der Waals surface area contributed by atoms with Gasteiger partial charge in [0.2, 0.25) is 0 Å². The zero-order chi connectivity index (χ0) is 11.1. The number of rotatable bonds is 7. The predicted molar refractivity (Wildman–Crippen MR) is 62.3 cm³/mol. The molecular weight excluding hydrogens is 208 g/mol. The summed E-state index contributed by atoms with van der Waals surface area (Å²) in [7, 11) is 0. The first-order chi connectivity index (χ1) is 7.29. The molecule has 0 fully saturated rings. The molecule has 0 spiro atoms. The number of aryl methyl sites for hydroxylation is 1. The van der Waals surface area contributed by atoms with Gasteiger partial charge in [-0.1, -0.05) is 23.9 Å². The van der Waals surface area contributed by atoms with E-state index in [0.29, 0.717) is 6.42 Å². The molecule has 82 valence electrons. The highest BCUT2D eigenvalue weighted by Crippen LogP contribution is 2.16. The molecule has 1 heterocycles. The lowest BCUT2D eigenvalue weighted by Crippen LogP contribution is -2.00. The number of allylic oxidation sites excluding steroid dienone is 1. The molecule has 3 nitrogen and oxygen atoms in total. The Morgan fingerprint density at radius 1 is 1.60 bits per heavy atom. The van der Waals surface area contributed by atoms with Gasteiger partial charge >= 0.3 is 0 Å². The molecule has 0 radical (unpaired) electrons. The maximum atomic E-state index is 11.8. The number of unbranched alkanes of at least 4 members (excludes halogenated alkanes) is 1. The van der Waals surface area contributed by atoms with Gasteiger partial charge in [0, 0.05) is 6.42 Å². The average Bonchev–Trinajstić information content (AvgIpc) is 2.67. The zero-order valence-electron chi connectivity index (χ0n) is 9.03. The van der Waals surface area contributed by atoms with Crippen molar-refractivity contribution in [3.8, 4) is 0 Å². The first kappa shape index (κ1) is 12.0. The minimum Gasteiger partial charge on any atom is -0.293 e. The van der Waals surface area contributed by atoms with Crippen LogP contribution in [0.3, 0.4) is 0 Å². The van der Waals surface area contributed by atoms with Gasteiger partial charge in [-0.25, -0.2) is 0 Å². The second kappa shape index (κ2) is 6.45. The molecule has 1 aromatic rings. The van der Waals surface area contributed by atoms with Crippen molar-refractivity contribution in [1.29, 1.82) is 0 Å². The number of carbonyl (C=O) groups excluding carboxylic acids is 1. The van der Waals surface area contributed by atoms with Crippen LogP contribution >= 0.6 is 11.5 Å². The predicted octanol–water partition coefficient (Wildman–Crippen LogP) is 3.03. The number of carbonyl (C=O) groups is 1. The summed E-state index contributed by atoms with van der Waals surface area (Å²) in [6, 6.07) is 0. The number of Topliss-reactive ketones (excluding diaryl/α,β-unsaturated/α-hetero) is 1. The van der Waals surface area contributed by atoms with E-state index in [9.17, 15) is 4.79 Å². The van der Waals surface area contributed by atoms with Gasteiger partial charge in [0.15, 0.2) is 5.78 Å². The van der Waals surface area contributed by atoms with E-state index in [0.717, 1.165) is 36.3 Å². The molecule has 0 saturated carbocycles. The Labute approximate surface area is 94.4 Å². The summed E-state index contributed by atoms with van der Waals surface area (Å²) in [6.07, 6.45) is 6.02. The van der Waals surface area contributed by atoms with Crippen molar-refractivity contribution in [2.24, 2.45) is 0 Å². The average molecular weight is 224 g/mol. The summed E-state index contributed by atoms with van der Waals surface area (Å²) in [5.74, 6) is 0.176. The third-order valence-corrected chi connectivity index (χ3v) is 2.92. The molecular formula is C11H16N2OS. The molecule has 0 bridgehead atoms. The van der Waals surface area contributed by atoms with E-state index >= 15 is 0 Å². The Hall–Kier alpha value is -1.03. The Balaban J connectivity index is 2.56. The van der Waals surface area contributed by atoms with E-state index in [4.69, 9.17) is 0 Å². The number of ketones is 1. The molecule has 0 unspecified atom stereocenters. The third-order valence-electron chi connectivity index (χ3n) is 2.11. The monoisotopic (exact) mass is 224 g/mol. The van der Waals surface area contributed by atoms with Gasteiger partial charge in [-0.15, -0.1) is 11.7 Å². The van der Waals surface area contributed by atoms with Crippen LogP contribution in [0.1, 0.15) is 48.0 Å². The maximum Gasteiger partial charge on any atom is 0.176 e. The van der Waals surface area contributed by atoms with Crippen molar-refractivity contribution in [1.82, 2.24) is 9.59 Å². The second-order valence-corrected chi connectivity index (χ2v) is 4.16. The smallest absolute Gasteiger partial charge is 0.176 e.